The molecular weight excluding hydrogens is 292 g/mol. The standard InChI is InChI=1S/C10H11BrN2O2S/c1-2-7(11)10-12-8-5-3-4-6-9(8)16(14,15)13-10/h3-7H,2H2,1H3,(H,12,13). The smallest absolute Gasteiger partial charge is 0.286 e. The Bertz CT molecular complexity index is 540. The van der Waals surface area contributed by atoms with E-state index in [4.69, 9.17) is 0 Å². The van der Waals surface area contributed by atoms with Gasteiger partial charge in [0.25, 0.3) is 10.0 Å². The Hall–Kier alpha value is -0.880. The van der Waals surface area contributed by atoms with E-state index in [9.17, 15) is 8.42 Å². The number of para-hydroxylation sites is 1. The SMILES string of the molecule is CCC(Br)C1=NS(=O)(=O)c2ccccc2N1. The van der Waals surface area contributed by atoms with Gasteiger partial charge in [-0.05, 0) is 18.6 Å². The van der Waals surface area contributed by atoms with Gasteiger partial charge in [0.2, 0.25) is 0 Å². The molecule has 16 heavy (non-hydrogen) atoms. The summed E-state index contributed by atoms with van der Waals surface area (Å²) >= 11 is 3.38. The van der Waals surface area contributed by atoms with Crippen LogP contribution in [0.2, 0.25) is 0 Å². The summed E-state index contributed by atoms with van der Waals surface area (Å²) in [5.41, 5.74) is 0.588. The number of halogens is 1. The van der Waals surface area contributed by atoms with Gasteiger partial charge in [0, 0.05) is 0 Å². The molecule has 6 heteroatoms. The Morgan fingerprint density at radius 3 is 2.81 bits per heavy atom. The average molecular weight is 303 g/mol. The highest BCUT2D eigenvalue weighted by molar-refractivity contribution is 9.10. The van der Waals surface area contributed by atoms with Crippen LogP contribution in [-0.4, -0.2) is 19.1 Å². The molecule has 4 nitrogen and oxygen atoms in total. The van der Waals surface area contributed by atoms with Crippen molar-refractivity contribution in [2.75, 3.05) is 5.32 Å². The lowest BCUT2D eigenvalue weighted by atomic mass is 10.2. The predicted octanol–water partition coefficient (Wildman–Crippen LogP) is 2.37. The quantitative estimate of drug-likeness (QED) is 0.853. The first-order chi connectivity index (χ1) is 7.54. The lowest BCUT2D eigenvalue weighted by Crippen LogP contribution is -2.28. The zero-order chi connectivity index (χ0) is 11.8. The summed E-state index contributed by atoms with van der Waals surface area (Å²) in [5.74, 6) is 0.446. The summed E-state index contributed by atoms with van der Waals surface area (Å²) in [5, 5.41) is 3.03. The van der Waals surface area contributed by atoms with Gasteiger partial charge in [0.15, 0.2) is 0 Å². The maximum atomic E-state index is 11.9. The van der Waals surface area contributed by atoms with E-state index in [0.29, 0.717) is 11.5 Å². The number of alkyl halides is 1. The number of benzene rings is 1. The highest BCUT2D eigenvalue weighted by Crippen LogP contribution is 2.28. The van der Waals surface area contributed by atoms with E-state index in [1.165, 1.54) is 0 Å². The van der Waals surface area contributed by atoms with Crippen LogP contribution in [0.4, 0.5) is 5.69 Å². The van der Waals surface area contributed by atoms with Gasteiger partial charge in [-0.2, -0.15) is 8.42 Å². The number of nitrogens with one attached hydrogen (secondary N) is 1. The van der Waals surface area contributed by atoms with Crippen molar-refractivity contribution in [1.29, 1.82) is 0 Å². The van der Waals surface area contributed by atoms with E-state index >= 15 is 0 Å². The van der Waals surface area contributed by atoms with Crippen molar-refractivity contribution in [1.82, 2.24) is 0 Å². The summed E-state index contributed by atoms with van der Waals surface area (Å²) in [6.07, 6.45) is 0.767. The Morgan fingerprint density at radius 2 is 2.12 bits per heavy atom. The maximum Gasteiger partial charge on any atom is 0.286 e. The van der Waals surface area contributed by atoms with Crippen molar-refractivity contribution in [2.24, 2.45) is 4.40 Å². The van der Waals surface area contributed by atoms with Crippen molar-refractivity contribution in [3.63, 3.8) is 0 Å². The first-order valence-corrected chi connectivity index (χ1v) is 7.25. The normalized spacial score (nSPS) is 19.2. The van der Waals surface area contributed by atoms with Crippen molar-refractivity contribution < 1.29 is 8.42 Å². The van der Waals surface area contributed by atoms with Crippen molar-refractivity contribution in [3.8, 4) is 0 Å². The first-order valence-electron chi connectivity index (χ1n) is 4.89. The number of rotatable bonds is 2. The number of anilines is 1. The summed E-state index contributed by atoms with van der Waals surface area (Å²) < 4.78 is 27.5. The minimum atomic E-state index is -3.55. The highest BCUT2D eigenvalue weighted by Gasteiger charge is 2.26. The van der Waals surface area contributed by atoms with Crippen LogP contribution in [0.5, 0.6) is 0 Å². The molecule has 0 saturated carbocycles. The minimum absolute atomic E-state index is 0.0735. The second kappa shape index (κ2) is 4.18. The number of hydrogen-bond donors (Lipinski definition) is 1. The zero-order valence-corrected chi connectivity index (χ0v) is 11.0. The van der Waals surface area contributed by atoms with E-state index in [1.54, 1.807) is 24.3 Å². The fraction of sp³-hybridized carbons (Fsp3) is 0.300. The van der Waals surface area contributed by atoms with Crippen LogP contribution >= 0.6 is 15.9 Å². The van der Waals surface area contributed by atoms with Crippen LogP contribution in [0, 0.1) is 0 Å². The van der Waals surface area contributed by atoms with Crippen LogP contribution < -0.4 is 5.32 Å². The molecule has 0 fully saturated rings. The number of sulfonamides is 1. The number of nitrogens with zero attached hydrogens (tertiary/aromatic N) is 1. The third-order valence-electron chi connectivity index (χ3n) is 2.30. The van der Waals surface area contributed by atoms with Crippen molar-refractivity contribution in [2.45, 2.75) is 23.1 Å². The average Bonchev–Trinajstić information content (AvgIpc) is 2.27. The predicted molar refractivity (Wildman–Crippen MR) is 67.7 cm³/mol. The molecule has 0 spiro atoms. The van der Waals surface area contributed by atoms with E-state index in [0.717, 1.165) is 6.42 Å². The van der Waals surface area contributed by atoms with Crippen LogP contribution in [0.25, 0.3) is 0 Å². The molecule has 1 atom stereocenters. The van der Waals surface area contributed by atoms with E-state index in [2.05, 4.69) is 25.6 Å². The molecule has 0 radical (unpaired) electrons. The third-order valence-corrected chi connectivity index (χ3v) is 4.73. The molecule has 1 N–H and O–H groups in total. The molecule has 0 aromatic heterocycles. The molecule has 1 unspecified atom stereocenters. The van der Waals surface area contributed by atoms with Gasteiger partial charge in [-0.15, -0.1) is 4.40 Å². The maximum absolute atomic E-state index is 11.9. The Kier molecular flexibility index (Phi) is 3.03. The second-order valence-corrected chi connectivity index (χ2v) is 6.13. The lowest BCUT2D eigenvalue weighted by Gasteiger charge is -2.20. The molecule has 1 aromatic carbocycles. The summed E-state index contributed by atoms with van der Waals surface area (Å²) in [4.78, 5) is 0.158. The fourth-order valence-corrected chi connectivity index (χ4v) is 2.99. The molecule has 0 amide bonds. The molecule has 1 aliphatic rings. The fourth-order valence-electron chi connectivity index (χ4n) is 1.46. The zero-order valence-electron chi connectivity index (χ0n) is 8.64. The molecule has 0 aliphatic carbocycles. The van der Waals surface area contributed by atoms with Crippen LogP contribution in [0.3, 0.4) is 0 Å². The van der Waals surface area contributed by atoms with Gasteiger partial charge >= 0.3 is 0 Å². The third kappa shape index (κ3) is 1.99. The van der Waals surface area contributed by atoms with Crippen LogP contribution in [0.1, 0.15) is 13.3 Å². The van der Waals surface area contributed by atoms with Crippen LogP contribution in [-0.2, 0) is 10.0 Å². The van der Waals surface area contributed by atoms with Gasteiger partial charge in [-0.1, -0.05) is 35.0 Å². The molecule has 1 heterocycles. The summed E-state index contributed by atoms with van der Waals surface area (Å²) in [6, 6.07) is 6.76. The first kappa shape index (κ1) is 11.6. The largest absolute Gasteiger partial charge is 0.341 e. The van der Waals surface area contributed by atoms with E-state index in [-0.39, 0.29) is 9.72 Å². The topological polar surface area (TPSA) is 58.5 Å². The lowest BCUT2D eigenvalue weighted by molar-refractivity contribution is 0.597. The van der Waals surface area contributed by atoms with Gasteiger partial charge in [0.05, 0.1) is 10.5 Å². The molecule has 1 aromatic rings. The Morgan fingerprint density at radius 1 is 1.44 bits per heavy atom. The second-order valence-electron chi connectivity index (χ2n) is 3.45. The van der Waals surface area contributed by atoms with Gasteiger partial charge < -0.3 is 5.32 Å². The van der Waals surface area contributed by atoms with Crippen molar-refractivity contribution in [3.05, 3.63) is 24.3 Å². The molecular formula is C10H11BrN2O2S. The monoisotopic (exact) mass is 302 g/mol. The molecule has 1 aliphatic heterocycles. The summed E-state index contributed by atoms with van der Waals surface area (Å²) in [7, 11) is -3.55. The van der Waals surface area contributed by atoms with Crippen molar-refractivity contribution >= 4 is 37.5 Å². The van der Waals surface area contributed by atoms with E-state index < -0.39 is 10.0 Å². The Balaban J connectivity index is 2.52. The number of hydrogen-bond acceptors (Lipinski definition) is 3. The molecule has 2 rings (SSSR count). The van der Waals surface area contributed by atoms with Crippen LogP contribution in [0.15, 0.2) is 33.6 Å². The summed E-state index contributed by atoms with van der Waals surface area (Å²) in [6.45, 7) is 1.96. The number of amidine groups is 1. The molecule has 0 saturated heterocycles. The van der Waals surface area contributed by atoms with E-state index in [1.807, 2.05) is 6.92 Å². The highest BCUT2D eigenvalue weighted by atomic mass is 79.9. The number of fused-ring (bicyclic) bond motifs is 1. The minimum Gasteiger partial charge on any atom is -0.341 e. The van der Waals surface area contributed by atoms with Gasteiger partial charge in [-0.25, -0.2) is 0 Å². The molecule has 86 valence electrons. The van der Waals surface area contributed by atoms with Gasteiger partial charge in [0.1, 0.15) is 10.7 Å². The van der Waals surface area contributed by atoms with Gasteiger partial charge in [-0.3, -0.25) is 0 Å². The molecule has 0 bridgehead atoms. The Labute approximate surface area is 103 Å².